The van der Waals surface area contributed by atoms with E-state index in [9.17, 15) is 4.79 Å². The van der Waals surface area contributed by atoms with Gasteiger partial charge < -0.3 is 19.7 Å². The molecule has 1 N–H and O–H groups in total. The van der Waals surface area contributed by atoms with Crippen LogP contribution in [0.4, 0.5) is 0 Å². The molecule has 2 rings (SSSR count). The Bertz CT molecular complexity index is 247. The lowest BCUT2D eigenvalue weighted by molar-refractivity contribution is -0.137. The molecule has 1 amide bonds. The maximum Gasteiger partial charge on any atom is 0.248 e. The lowest BCUT2D eigenvalue weighted by atomic mass is 10.2. The van der Waals surface area contributed by atoms with Crippen LogP contribution in [-0.4, -0.2) is 62.9 Å². The summed E-state index contributed by atoms with van der Waals surface area (Å²) in [6.45, 7) is 4.94. The van der Waals surface area contributed by atoms with E-state index in [1.165, 1.54) is 12.8 Å². The molecule has 2 aliphatic heterocycles. The molecular formula is C13H24N2O3. The average molecular weight is 256 g/mol. The van der Waals surface area contributed by atoms with Crippen molar-refractivity contribution in [2.24, 2.45) is 0 Å². The summed E-state index contributed by atoms with van der Waals surface area (Å²) in [5.41, 5.74) is 0. The number of carbonyl (C=O) groups excluding carboxylic acids is 1. The highest BCUT2D eigenvalue weighted by Gasteiger charge is 2.17. The van der Waals surface area contributed by atoms with Gasteiger partial charge in [0.05, 0.1) is 19.3 Å². The molecule has 0 radical (unpaired) electrons. The van der Waals surface area contributed by atoms with Crippen molar-refractivity contribution in [2.75, 3.05) is 46.0 Å². The van der Waals surface area contributed by atoms with Crippen LogP contribution in [0.2, 0.25) is 0 Å². The predicted molar refractivity (Wildman–Crippen MR) is 68.5 cm³/mol. The van der Waals surface area contributed by atoms with E-state index in [2.05, 4.69) is 5.32 Å². The lowest BCUT2D eigenvalue weighted by Gasteiger charge is -2.24. The average Bonchev–Trinajstić information content (AvgIpc) is 2.69. The first kappa shape index (κ1) is 13.8. The molecular weight excluding hydrogens is 232 g/mol. The molecule has 0 aliphatic carbocycles. The fourth-order valence-corrected chi connectivity index (χ4v) is 2.42. The van der Waals surface area contributed by atoms with Crippen molar-refractivity contribution in [3.63, 3.8) is 0 Å². The van der Waals surface area contributed by atoms with Crippen LogP contribution in [-0.2, 0) is 14.3 Å². The zero-order valence-corrected chi connectivity index (χ0v) is 11.0. The molecule has 0 aromatic rings. The van der Waals surface area contributed by atoms with Gasteiger partial charge in [-0.15, -0.1) is 0 Å². The van der Waals surface area contributed by atoms with Crippen LogP contribution < -0.4 is 5.32 Å². The van der Waals surface area contributed by atoms with E-state index in [4.69, 9.17) is 9.47 Å². The molecule has 0 saturated carbocycles. The quantitative estimate of drug-likeness (QED) is 0.791. The monoisotopic (exact) mass is 256 g/mol. The Morgan fingerprint density at radius 2 is 2.06 bits per heavy atom. The van der Waals surface area contributed by atoms with Crippen LogP contribution in [0, 0.1) is 0 Å². The molecule has 2 heterocycles. The van der Waals surface area contributed by atoms with Gasteiger partial charge in [-0.25, -0.2) is 0 Å². The highest BCUT2D eigenvalue weighted by molar-refractivity contribution is 5.77. The third-order valence-electron chi connectivity index (χ3n) is 3.49. The molecule has 2 fully saturated rings. The molecule has 1 unspecified atom stereocenters. The van der Waals surface area contributed by atoms with Crippen LogP contribution in [0.3, 0.4) is 0 Å². The van der Waals surface area contributed by atoms with Crippen molar-refractivity contribution >= 4 is 5.91 Å². The Morgan fingerprint density at radius 1 is 1.28 bits per heavy atom. The molecule has 5 nitrogen and oxygen atoms in total. The second-order valence-corrected chi connectivity index (χ2v) is 5.01. The van der Waals surface area contributed by atoms with Gasteiger partial charge in [-0.1, -0.05) is 12.8 Å². The van der Waals surface area contributed by atoms with Gasteiger partial charge in [0.25, 0.3) is 0 Å². The van der Waals surface area contributed by atoms with Crippen LogP contribution >= 0.6 is 0 Å². The van der Waals surface area contributed by atoms with E-state index >= 15 is 0 Å². The van der Waals surface area contributed by atoms with E-state index in [1.807, 2.05) is 4.90 Å². The summed E-state index contributed by atoms with van der Waals surface area (Å²) in [6.07, 6.45) is 4.83. The SMILES string of the molecule is O=C(COCC1CNCCO1)N1CCCCCC1. The van der Waals surface area contributed by atoms with Crippen LogP contribution in [0.25, 0.3) is 0 Å². The summed E-state index contributed by atoms with van der Waals surface area (Å²) in [7, 11) is 0. The number of carbonyl (C=O) groups is 1. The Morgan fingerprint density at radius 3 is 2.72 bits per heavy atom. The summed E-state index contributed by atoms with van der Waals surface area (Å²) in [4.78, 5) is 13.9. The molecule has 0 aromatic heterocycles. The normalized spacial score (nSPS) is 25.8. The lowest BCUT2D eigenvalue weighted by Crippen LogP contribution is -2.42. The summed E-state index contributed by atoms with van der Waals surface area (Å²) >= 11 is 0. The largest absolute Gasteiger partial charge is 0.373 e. The maximum atomic E-state index is 11.9. The number of ether oxygens (including phenoxy) is 2. The zero-order valence-electron chi connectivity index (χ0n) is 11.0. The van der Waals surface area contributed by atoms with Gasteiger partial charge in [-0.05, 0) is 12.8 Å². The van der Waals surface area contributed by atoms with E-state index in [-0.39, 0.29) is 18.6 Å². The van der Waals surface area contributed by atoms with Gasteiger partial charge in [0.1, 0.15) is 6.61 Å². The molecule has 104 valence electrons. The van der Waals surface area contributed by atoms with Gasteiger partial charge in [-0.2, -0.15) is 0 Å². The fraction of sp³-hybridized carbons (Fsp3) is 0.923. The maximum absolute atomic E-state index is 11.9. The molecule has 1 atom stereocenters. The van der Waals surface area contributed by atoms with Crippen LogP contribution in [0.1, 0.15) is 25.7 Å². The number of amides is 1. The van der Waals surface area contributed by atoms with E-state index in [1.54, 1.807) is 0 Å². The molecule has 2 saturated heterocycles. The highest BCUT2D eigenvalue weighted by Crippen LogP contribution is 2.09. The van der Waals surface area contributed by atoms with E-state index in [0.717, 1.165) is 45.6 Å². The van der Waals surface area contributed by atoms with Crippen molar-refractivity contribution in [2.45, 2.75) is 31.8 Å². The Kier molecular flexibility index (Phi) is 5.90. The van der Waals surface area contributed by atoms with Crippen molar-refractivity contribution in [3.8, 4) is 0 Å². The van der Waals surface area contributed by atoms with Gasteiger partial charge in [0.2, 0.25) is 5.91 Å². The first-order valence-electron chi connectivity index (χ1n) is 7.04. The second kappa shape index (κ2) is 7.71. The molecule has 5 heteroatoms. The van der Waals surface area contributed by atoms with Gasteiger partial charge in [0.15, 0.2) is 0 Å². The third kappa shape index (κ3) is 4.55. The Labute approximate surface area is 109 Å². The molecule has 0 aromatic carbocycles. The molecule has 2 aliphatic rings. The summed E-state index contributed by atoms with van der Waals surface area (Å²) in [6, 6.07) is 0. The second-order valence-electron chi connectivity index (χ2n) is 5.01. The Balaban J connectivity index is 1.61. The minimum absolute atomic E-state index is 0.0932. The number of morpholine rings is 1. The van der Waals surface area contributed by atoms with Crippen molar-refractivity contribution in [1.82, 2.24) is 10.2 Å². The molecule has 18 heavy (non-hydrogen) atoms. The number of likely N-dealkylation sites (tertiary alicyclic amines) is 1. The first-order valence-corrected chi connectivity index (χ1v) is 7.04. The number of hydrogen-bond acceptors (Lipinski definition) is 4. The van der Waals surface area contributed by atoms with Crippen molar-refractivity contribution in [1.29, 1.82) is 0 Å². The minimum Gasteiger partial charge on any atom is -0.373 e. The number of nitrogens with one attached hydrogen (secondary N) is 1. The van der Waals surface area contributed by atoms with E-state index in [0.29, 0.717) is 6.61 Å². The molecule has 0 bridgehead atoms. The number of rotatable bonds is 4. The van der Waals surface area contributed by atoms with Gasteiger partial charge >= 0.3 is 0 Å². The topological polar surface area (TPSA) is 50.8 Å². The molecule has 0 spiro atoms. The van der Waals surface area contributed by atoms with Gasteiger partial charge in [-0.3, -0.25) is 4.79 Å². The van der Waals surface area contributed by atoms with E-state index < -0.39 is 0 Å². The summed E-state index contributed by atoms with van der Waals surface area (Å²) < 4.78 is 11.0. The fourth-order valence-electron chi connectivity index (χ4n) is 2.42. The smallest absolute Gasteiger partial charge is 0.248 e. The van der Waals surface area contributed by atoms with Crippen LogP contribution in [0.5, 0.6) is 0 Å². The zero-order chi connectivity index (χ0) is 12.6. The van der Waals surface area contributed by atoms with Gasteiger partial charge in [0, 0.05) is 26.2 Å². The summed E-state index contributed by atoms with van der Waals surface area (Å²) in [5, 5.41) is 3.24. The van der Waals surface area contributed by atoms with Crippen LogP contribution in [0.15, 0.2) is 0 Å². The summed E-state index contributed by atoms with van der Waals surface area (Å²) in [5.74, 6) is 0.126. The minimum atomic E-state index is 0.0932. The van der Waals surface area contributed by atoms with Crippen molar-refractivity contribution < 1.29 is 14.3 Å². The number of hydrogen-bond donors (Lipinski definition) is 1. The first-order chi connectivity index (χ1) is 8.86. The highest BCUT2D eigenvalue weighted by atomic mass is 16.5. The predicted octanol–water partition coefficient (Wildman–Crippen LogP) is 0.394. The number of nitrogens with zero attached hydrogens (tertiary/aromatic N) is 1. The van der Waals surface area contributed by atoms with Crippen molar-refractivity contribution in [3.05, 3.63) is 0 Å². The Hall–Kier alpha value is -0.650. The standard InChI is InChI=1S/C13H24N2O3/c16-13(15-6-3-1-2-4-7-15)11-17-10-12-9-14-5-8-18-12/h12,14H,1-11H2. The third-order valence-corrected chi connectivity index (χ3v) is 3.49.